The molecule has 2 heterocycles. The van der Waals surface area contributed by atoms with Crippen LogP contribution in [0.15, 0.2) is 67.9 Å². The second-order valence-corrected chi connectivity index (χ2v) is 8.19. The minimum absolute atomic E-state index is 0.0108. The number of aromatic nitrogens is 2. The first-order valence-corrected chi connectivity index (χ1v) is 10.4. The van der Waals surface area contributed by atoms with Crippen LogP contribution in [0, 0.1) is 5.41 Å². The number of hydrogen-bond donors (Lipinski definition) is 0. The molecule has 1 aromatic heterocycles. The lowest BCUT2D eigenvalue weighted by Crippen LogP contribution is -2.53. The van der Waals surface area contributed by atoms with E-state index in [9.17, 15) is 0 Å². The van der Waals surface area contributed by atoms with Crippen LogP contribution < -0.4 is 0 Å². The predicted octanol–water partition coefficient (Wildman–Crippen LogP) is 5.16. The Morgan fingerprint density at radius 3 is 2.79 bits per heavy atom. The molecule has 152 valence electrons. The van der Waals surface area contributed by atoms with Gasteiger partial charge in [0.15, 0.2) is 5.79 Å². The largest absolute Gasteiger partial charge is 0.346 e. The third-order valence-electron chi connectivity index (χ3n) is 6.58. The average molecular weight is 391 g/mol. The summed E-state index contributed by atoms with van der Waals surface area (Å²) in [5.41, 5.74) is 5.08. The van der Waals surface area contributed by atoms with Gasteiger partial charge in [-0.15, -0.1) is 19.7 Å². The van der Waals surface area contributed by atoms with Crippen LogP contribution in [0.1, 0.15) is 43.0 Å². The smallest absolute Gasteiger partial charge is 0.178 e. The standard InChI is InChI=1S/C23H26N2O2.C2H4/c1-3-20-16-26-23(27-20)11-7-10-19-12-21-18(13-22(19,23)2)14-24-25(21)15-17-8-5-4-6-9-17;1-2/h3-6,8-9,12,14,20H,1,7,10-11,13,15-16H2,2H3;1-2H2/t20-,22+,23?;/m1./s1. The highest BCUT2D eigenvalue weighted by atomic mass is 16.7. The van der Waals surface area contributed by atoms with Crippen LogP contribution in [0.3, 0.4) is 0 Å². The van der Waals surface area contributed by atoms with Gasteiger partial charge < -0.3 is 9.47 Å². The molecule has 1 aromatic carbocycles. The Morgan fingerprint density at radius 1 is 1.28 bits per heavy atom. The van der Waals surface area contributed by atoms with Crippen LogP contribution in [-0.4, -0.2) is 28.3 Å². The highest BCUT2D eigenvalue weighted by Crippen LogP contribution is 2.57. The van der Waals surface area contributed by atoms with Gasteiger partial charge >= 0.3 is 0 Å². The van der Waals surface area contributed by atoms with Crippen molar-refractivity contribution in [1.29, 1.82) is 0 Å². The van der Waals surface area contributed by atoms with Crippen LogP contribution in [0.2, 0.25) is 0 Å². The molecule has 1 unspecified atom stereocenters. The molecule has 1 spiro atoms. The van der Waals surface area contributed by atoms with Gasteiger partial charge in [0.2, 0.25) is 0 Å². The highest BCUT2D eigenvalue weighted by molar-refractivity contribution is 5.60. The van der Waals surface area contributed by atoms with E-state index in [4.69, 9.17) is 14.6 Å². The molecule has 2 fully saturated rings. The first-order valence-electron chi connectivity index (χ1n) is 10.4. The van der Waals surface area contributed by atoms with Gasteiger partial charge in [0.05, 0.1) is 25.0 Å². The van der Waals surface area contributed by atoms with Crippen molar-refractivity contribution in [3.05, 3.63) is 84.7 Å². The van der Waals surface area contributed by atoms with Gasteiger partial charge in [0.25, 0.3) is 0 Å². The van der Waals surface area contributed by atoms with E-state index in [1.165, 1.54) is 22.4 Å². The second-order valence-electron chi connectivity index (χ2n) is 8.19. The van der Waals surface area contributed by atoms with Gasteiger partial charge in [-0.3, -0.25) is 4.68 Å². The molecule has 4 nitrogen and oxygen atoms in total. The molecule has 0 amide bonds. The summed E-state index contributed by atoms with van der Waals surface area (Å²) in [6, 6.07) is 10.5. The molecule has 2 aromatic rings. The molecule has 2 aliphatic carbocycles. The zero-order valence-corrected chi connectivity index (χ0v) is 17.3. The first-order chi connectivity index (χ1) is 14.1. The van der Waals surface area contributed by atoms with E-state index in [1.54, 1.807) is 0 Å². The molecule has 1 saturated heterocycles. The van der Waals surface area contributed by atoms with Gasteiger partial charge in [0.1, 0.15) is 6.10 Å². The number of hydrogen-bond acceptors (Lipinski definition) is 3. The van der Waals surface area contributed by atoms with Gasteiger partial charge in [-0.25, -0.2) is 0 Å². The average Bonchev–Trinajstić information content (AvgIpc) is 3.35. The van der Waals surface area contributed by atoms with Crippen molar-refractivity contribution < 1.29 is 9.47 Å². The minimum Gasteiger partial charge on any atom is -0.346 e. The van der Waals surface area contributed by atoms with E-state index >= 15 is 0 Å². The molecule has 29 heavy (non-hydrogen) atoms. The number of rotatable bonds is 3. The zero-order chi connectivity index (χ0) is 20.5. The maximum atomic E-state index is 6.42. The summed E-state index contributed by atoms with van der Waals surface area (Å²) in [5, 5.41) is 4.70. The fourth-order valence-electron chi connectivity index (χ4n) is 5.02. The monoisotopic (exact) mass is 390 g/mol. The molecule has 4 heteroatoms. The van der Waals surface area contributed by atoms with Crippen molar-refractivity contribution in [2.24, 2.45) is 5.41 Å². The lowest BCUT2D eigenvalue weighted by Gasteiger charge is -2.51. The number of fused-ring (bicyclic) bond motifs is 3. The zero-order valence-electron chi connectivity index (χ0n) is 17.3. The van der Waals surface area contributed by atoms with Crippen LogP contribution in [0.25, 0.3) is 6.08 Å². The molecule has 1 aliphatic heterocycles. The van der Waals surface area contributed by atoms with E-state index in [-0.39, 0.29) is 11.5 Å². The third-order valence-corrected chi connectivity index (χ3v) is 6.58. The van der Waals surface area contributed by atoms with Gasteiger partial charge in [-0.2, -0.15) is 5.10 Å². The Labute approximate surface area is 173 Å². The fourth-order valence-corrected chi connectivity index (χ4v) is 5.02. The molecule has 0 radical (unpaired) electrons. The Balaban J connectivity index is 0.000000994. The van der Waals surface area contributed by atoms with Crippen LogP contribution in [-0.2, 0) is 22.4 Å². The van der Waals surface area contributed by atoms with E-state index in [0.717, 1.165) is 32.2 Å². The summed E-state index contributed by atoms with van der Waals surface area (Å²) in [6.45, 7) is 13.6. The van der Waals surface area contributed by atoms with E-state index in [2.05, 4.69) is 67.8 Å². The van der Waals surface area contributed by atoms with Gasteiger partial charge in [-0.05, 0) is 36.5 Å². The summed E-state index contributed by atoms with van der Waals surface area (Å²) in [6.07, 6.45) is 10.3. The van der Waals surface area contributed by atoms with Crippen molar-refractivity contribution >= 4 is 6.08 Å². The molecule has 1 saturated carbocycles. The summed E-state index contributed by atoms with van der Waals surface area (Å²) in [5.74, 6) is -0.533. The fraction of sp³-hybridized carbons (Fsp3) is 0.400. The van der Waals surface area contributed by atoms with Crippen molar-refractivity contribution in [2.45, 2.75) is 51.0 Å². The minimum atomic E-state index is -0.533. The maximum Gasteiger partial charge on any atom is 0.178 e. The van der Waals surface area contributed by atoms with E-state index in [1.807, 2.05) is 12.3 Å². The lowest BCUT2D eigenvalue weighted by atomic mass is 9.62. The Kier molecular flexibility index (Phi) is 5.32. The molecule has 0 bridgehead atoms. The van der Waals surface area contributed by atoms with Crippen molar-refractivity contribution in [3.63, 3.8) is 0 Å². The summed E-state index contributed by atoms with van der Waals surface area (Å²) >= 11 is 0. The number of ether oxygens (including phenoxy) is 2. The molecule has 0 N–H and O–H groups in total. The second kappa shape index (κ2) is 7.77. The molecule has 5 rings (SSSR count). The summed E-state index contributed by atoms with van der Waals surface area (Å²) < 4.78 is 14.9. The van der Waals surface area contributed by atoms with Gasteiger partial charge in [-0.1, -0.05) is 48.9 Å². The van der Waals surface area contributed by atoms with E-state index < -0.39 is 5.79 Å². The van der Waals surface area contributed by atoms with Crippen LogP contribution >= 0.6 is 0 Å². The van der Waals surface area contributed by atoms with Crippen molar-refractivity contribution in [3.8, 4) is 0 Å². The van der Waals surface area contributed by atoms with Crippen LogP contribution in [0.5, 0.6) is 0 Å². The summed E-state index contributed by atoms with van der Waals surface area (Å²) in [7, 11) is 0. The molecule has 3 atom stereocenters. The third kappa shape index (κ3) is 3.21. The first kappa shape index (κ1) is 19.9. The molecular weight excluding hydrogens is 360 g/mol. The van der Waals surface area contributed by atoms with E-state index in [0.29, 0.717) is 6.61 Å². The van der Waals surface area contributed by atoms with Crippen molar-refractivity contribution in [1.82, 2.24) is 9.78 Å². The Hall–Kier alpha value is -2.43. The SMILES string of the molecule is C=C.C=C[C@@H]1COC2(CCCC3=Cc4c(cnn4Cc4ccccc4)C[C@@]32C)O1. The Bertz CT molecular complexity index is 916. The predicted molar refractivity (Wildman–Crippen MR) is 116 cm³/mol. The van der Waals surface area contributed by atoms with Crippen molar-refractivity contribution in [2.75, 3.05) is 6.61 Å². The lowest BCUT2D eigenvalue weighted by molar-refractivity contribution is -0.239. The molecule has 3 aliphatic rings. The quantitative estimate of drug-likeness (QED) is 0.679. The number of nitrogens with zero attached hydrogens (tertiary/aromatic N) is 2. The summed E-state index contributed by atoms with van der Waals surface area (Å²) in [4.78, 5) is 0. The highest BCUT2D eigenvalue weighted by Gasteiger charge is 2.59. The molecular formula is C25H30N2O2. The van der Waals surface area contributed by atoms with Gasteiger partial charge in [0, 0.05) is 11.8 Å². The Morgan fingerprint density at radius 2 is 2.07 bits per heavy atom. The number of benzene rings is 1. The normalized spacial score (nSPS) is 30.0. The van der Waals surface area contributed by atoms with Crippen LogP contribution in [0.4, 0.5) is 0 Å². The maximum absolute atomic E-state index is 6.42. The topological polar surface area (TPSA) is 36.3 Å².